The summed E-state index contributed by atoms with van der Waals surface area (Å²) in [6.45, 7) is 2.70. The van der Waals surface area contributed by atoms with Crippen LogP contribution in [0.1, 0.15) is 19.8 Å². The molecule has 0 radical (unpaired) electrons. The van der Waals surface area contributed by atoms with Gasteiger partial charge in [0.2, 0.25) is 0 Å². The zero-order chi connectivity index (χ0) is 14.3. The predicted molar refractivity (Wildman–Crippen MR) is 78.8 cm³/mol. The van der Waals surface area contributed by atoms with E-state index in [4.69, 9.17) is 4.74 Å². The predicted octanol–water partition coefficient (Wildman–Crippen LogP) is 1.93. The standard InChI is InChI=1S/C13H20O4S2/c1-2-3-8-17-12-4-6-13(7-5-12)19(15,16)10-11(14)9-18/h4-7,11,14,18H,2-3,8-10H2,1H3. The Hall–Kier alpha value is -0.720. The van der Waals surface area contributed by atoms with Crippen LogP contribution in [-0.4, -0.2) is 37.7 Å². The summed E-state index contributed by atoms with van der Waals surface area (Å²) in [5, 5.41) is 9.37. The van der Waals surface area contributed by atoms with Crippen molar-refractivity contribution in [3.8, 4) is 5.75 Å². The molecule has 0 aliphatic heterocycles. The van der Waals surface area contributed by atoms with Crippen molar-refractivity contribution in [3.63, 3.8) is 0 Å². The van der Waals surface area contributed by atoms with Crippen molar-refractivity contribution in [2.75, 3.05) is 18.1 Å². The van der Waals surface area contributed by atoms with Crippen LogP contribution in [-0.2, 0) is 9.84 Å². The Kier molecular flexibility index (Phi) is 6.68. The summed E-state index contributed by atoms with van der Waals surface area (Å²) in [7, 11) is -3.47. The number of thiol groups is 1. The summed E-state index contributed by atoms with van der Waals surface area (Å²) in [4.78, 5) is 0.191. The number of ether oxygens (including phenoxy) is 1. The minimum absolute atomic E-state index is 0.122. The summed E-state index contributed by atoms with van der Waals surface area (Å²) in [6.07, 6.45) is 1.07. The molecule has 1 unspecified atom stereocenters. The van der Waals surface area contributed by atoms with Crippen LogP contribution >= 0.6 is 12.6 Å². The van der Waals surface area contributed by atoms with Crippen LogP contribution in [0, 0.1) is 0 Å². The molecule has 0 bridgehead atoms. The molecule has 0 amide bonds. The van der Waals surface area contributed by atoms with Gasteiger partial charge in [0.15, 0.2) is 9.84 Å². The van der Waals surface area contributed by atoms with Gasteiger partial charge in [0.1, 0.15) is 5.75 Å². The van der Waals surface area contributed by atoms with Crippen molar-refractivity contribution in [1.82, 2.24) is 0 Å². The van der Waals surface area contributed by atoms with Gasteiger partial charge in [-0.15, -0.1) is 0 Å². The van der Waals surface area contributed by atoms with Gasteiger partial charge in [-0.1, -0.05) is 13.3 Å². The van der Waals surface area contributed by atoms with E-state index in [1.807, 2.05) is 0 Å². The molecule has 4 nitrogen and oxygen atoms in total. The van der Waals surface area contributed by atoms with Gasteiger partial charge in [-0.25, -0.2) is 8.42 Å². The molecule has 1 aromatic carbocycles. The number of hydrogen-bond donors (Lipinski definition) is 2. The van der Waals surface area contributed by atoms with E-state index in [1.54, 1.807) is 12.1 Å². The fourth-order valence-electron chi connectivity index (χ4n) is 1.48. The second kappa shape index (κ2) is 7.77. The number of sulfone groups is 1. The Labute approximate surface area is 120 Å². The van der Waals surface area contributed by atoms with E-state index in [0.29, 0.717) is 12.4 Å². The second-order valence-corrected chi connectivity index (χ2v) is 6.69. The van der Waals surface area contributed by atoms with Crippen molar-refractivity contribution in [2.24, 2.45) is 0 Å². The van der Waals surface area contributed by atoms with Crippen LogP contribution in [0.3, 0.4) is 0 Å². The maximum absolute atomic E-state index is 11.9. The first kappa shape index (κ1) is 16.3. The maximum Gasteiger partial charge on any atom is 0.180 e. The van der Waals surface area contributed by atoms with Gasteiger partial charge in [-0.2, -0.15) is 12.6 Å². The molecule has 0 aromatic heterocycles. The Balaban J connectivity index is 2.69. The molecule has 1 aromatic rings. The highest BCUT2D eigenvalue weighted by Gasteiger charge is 2.18. The summed E-state index contributed by atoms with van der Waals surface area (Å²) < 4.78 is 29.3. The van der Waals surface area contributed by atoms with Crippen LogP contribution in [0.25, 0.3) is 0 Å². The monoisotopic (exact) mass is 304 g/mol. The van der Waals surface area contributed by atoms with E-state index in [1.165, 1.54) is 12.1 Å². The molecule has 108 valence electrons. The summed E-state index contributed by atoms with van der Waals surface area (Å²) in [5.74, 6) is 0.464. The quantitative estimate of drug-likeness (QED) is 0.569. The normalized spacial score (nSPS) is 13.2. The molecule has 0 aliphatic carbocycles. The van der Waals surface area contributed by atoms with Crippen LogP contribution < -0.4 is 4.74 Å². The van der Waals surface area contributed by atoms with Crippen molar-refractivity contribution in [1.29, 1.82) is 0 Å². The Morgan fingerprint density at radius 2 is 1.95 bits per heavy atom. The van der Waals surface area contributed by atoms with E-state index in [0.717, 1.165) is 12.8 Å². The lowest BCUT2D eigenvalue weighted by Gasteiger charge is -2.10. The van der Waals surface area contributed by atoms with Gasteiger partial charge in [0.25, 0.3) is 0 Å². The third-order valence-corrected chi connectivity index (χ3v) is 4.81. The molecule has 0 aliphatic rings. The lowest BCUT2D eigenvalue weighted by Crippen LogP contribution is -2.22. The van der Waals surface area contributed by atoms with Crippen molar-refractivity contribution >= 4 is 22.5 Å². The highest BCUT2D eigenvalue weighted by Crippen LogP contribution is 2.18. The Morgan fingerprint density at radius 3 is 2.47 bits per heavy atom. The van der Waals surface area contributed by atoms with E-state index in [-0.39, 0.29) is 16.4 Å². The van der Waals surface area contributed by atoms with Crippen molar-refractivity contribution in [2.45, 2.75) is 30.8 Å². The van der Waals surface area contributed by atoms with Crippen molar-refractivity contribution in [3.05, 3.63) is 24.3 Å². The molecule has 0 saturated heterocycles. The molecular formula is C13H20O4S2. The van der Waals surface area contributed by atoms with E-state index in [2.05, 4.69) is 19.6 Å². The van der Waals surface area contributed by atoms with E-state index >= 15 is 0 Å². The van der Waals surface area contributed by atoms with Crippen LogP contribution in [0.4, 0.5) is 0 Å². The first-order chi connectivity index (χ1) is 8.99. The fourth-order valence-corrected chi connectivity index (χ4v) is 3.15. The lowest BCUT2D eigenvalue weighted by atomic mass is 10.3. The minimum atomic E-state index is -3.47. The number of unbranched alkanes of at least 4 members (excludes halogenated alkanes) is 1. The summed E-state index contributed by atoms with van der Waals surface area (Å²) >= 11 is 3.87. The molecule has 1 atom stereocenters. The molecule has 1 N–H and O–H groups in total. The Bertz CT molecular complexity index is 468. The molecule has 6 heteroatoms. The number of rotatable bonds is 8. The van der Waals surface area contributed by atoms with E-state index in [9.17, 15) is 13.5 Å². The van der Waals surface area contributed by atoms with Gasteiger partial charge in [-0.3, -0.25) is 0 Å². The zero-order valence-corrected chi connectivity index (χ0v) is 12.7. The second-order valence-electron chi connectivity index (χ2n) is 4.29. The van der Waals surface area contributed by atoms with Crippen LogP contribution in [0.15, 0.2) is 29.2 Å². The van der Waals surface area contributed by atoms with E-state index < -0.39 is 15.9 Å². The SMILES string of the molecule is CCCCOc1ccc(S(=O)(=O)CC(O)CS)cc1. The maximum atomic E-state index is 11.9. The number of aliphatic hydroxyl groups is 1. The fraction of sp³-hybridized carbons (Fsp3) is 0.538. The first-order valence-corrected chi connectivity index (χ1v) is 8.52. The highest BCUT2D eigenvalue weighted by molar-refractivity contribution is 7.91. The molecule has 0 fully saturated rings. The van der Waals surface area contributed by atoms with Crippen molar-refractivity contribution < 1.29 is 18.3 Å². The summed E-state index contributed by atoms with van der Waals surface area (Å²) in [5.41, 5.74) is 0. The van der Waals surface area contributed by atoms with Gasteiger partial charge in [0.05, 0.1) is 23.4 Å². The largest absolute Gasteiger partial charge is 0.494 e. The average Bonchev–Trinajstić information content (AvgIpc) is 2.39. The van der Waals surface area contributed by atoms with Gasteiger partial charge >= 0.3 is 0 Å². The average molecular weight is 304 g/mol. The minimum Gasteiger partial charge on any atom is -0.494 e. The first-order valence-electron chi connectivity index (χ1n) is 6.24. The molecule has 19 heavy (non-hydrogen) atoms. The molecule has 0 spiro atoms. The number of aliphatic hydroxyl groups excluding tert-OH is 1. The Morgan fingerprint density at radius 1 is 1.32 bits per heavy atom. The number of hydrogen-bond acceptors (Lipinski definition) is 5. The number of benzene rings is 1. The smallest absolute Gasteiger partial charge is 0.180 e. The molecule has 0 heterocycles. The molecule has 0 saturated carbocycles. The summed E-state index contributed by atoms with van der Waals surface area (Å²) in [6, 6.07) is 6.27. The van der Waals surface area contributed by atoms with Gasteiger partial charge in [0, 0.05) is 5.75 Å². The van der Waals surface area contributed by atoms with Gasteiger partial charge in [-0.05, 0) is 30.7 Å². The molecular weight excluding hydrogens is 284 g/mol. The zero-order valence-electron chi connectivity index (χ0n) is 10.9. The topological polar surface area (TPSA) is 63.6 Å². The highest BCUT2D eigenvalue weighted by atomic mass is 32.2. The third kappa shape index (κ3) is 5.42. The third-order valence-electron chi connectivity index (χ3n) is 2.57. The lowest BCUT2D eigenvalue weighted by molar-refractivity contribution is 0.223. The van der Waals surface area contributed by atoms with Gasteiger partial charge < -0.3 is 9.84 Å². The molecule has 1 rings (SSSR count). The van der Waals surface area contributed by atoms with Crippen LogP contribution in [0.5, 0.6) is 5.75 Å². The van der Waals surface area contributed by atoms with Crippen LogP contribution in [0.2, 0.25) is 0 Å².